The predicted molar refractivity (Wildman–Crippen MR) is 67.8 cm³/mol. The third-order valence-electron chi connectivity index (χ3n) is 3.12. The van der Waals surface area contributed by atoms with E-state index in [-0.39, 0.29) is 12.0 Å². The minimum atomic E-state index is 0.0324. The van der Waals surface area contributed by atoms with Crippen LogP contribution in [0.4, 0.5) is 0 Å². The van der Waals surface area contributed by atoms with Gasteiger partial charge in [0.2, 0.25) is 0 Å². The molecule has 1 aromatic heterocycles. The number of nitrogens with zero attached hydrogens (tertiary/aromatic N) is 1. The number of aromatic nitrogens is 1. The zero-order valence-corrected chi connectivity index (χ0v) is 11.3. The van der Waals surface area contributed by atoms with Crippen molar-refractivity contribution in [2.75, 3.05) is 13.2 Å². The second-order valence-corrected chi connectivity index (χ2v) is 5.41. The normalized spacial score (nSPS) is 12.1. The van der Waals surface area contributed by atoms with E-state index < -0.39 is 0 Å². The van der Waals surface area contributed by atoms with E-state index >= 15 is 0 Å². The van der Waals surface area contributed by atoms with E-state index in [0.29, 0.717) is 0 Å². The number of aryl methyl sites for hydroxylation is 2. The third-order valence-corrected chi connectivity index (χ3v) is 3.12. The maximum Gasteiger partial charge on any atom is 0.138 e. The molecule has 0 spiro atoms. The third kappa shape index (κ3) is 4.48. The minimum absolute atomic E-state index is 0.0324. The first-order valence-corrected chi connectivity index (χ1v) is 6.19. The minimum Gasteiger partial charge on any atom is -0.396 e. The summed E-state index contributed by atoms with van der Waals surface area (Å²) in [7, 11) is 0. The first kappa shape index (κ1) is 14.2. The van der Waals surface area contributed by atoms with Crippen LogP contribution in [-0.4, -0.2) is 23.4 Å². The maximum atomic E-state index is 9.13. The Morgan fingerprint density at radius 2 is 2.06 bits per heavy atom. The lowest BCUT2D eigenvalue weighted by molar-refractivity contribution is 0.148. The molecule has 0 aliphatic heterocycles. The first-order chi connectivity index (χ1) is 7.96. The molecule has 0 unspecified atom stereocenters. The first-order valence-electron chi connectivity index (χ1n) is 6.19. The summed E-state index contributed by atoms with van der Waals surface area (Å²) in [6.45, 7) is 10.1. The van der Waals surface area contributed by atoms with Gasteiger partial charge in [0, 0.05) is 18.7 Å². The van der Waals surface area contributed by atoms with Crippen LogP contribution in [0.5, 0.6) is 0 Å². The smallest absolute Gasteiger partial charge is 0.138 e. The van der Waals surface area contributed by atoms with Crippen molar-refractivity contribution in [3.05, 3.63) is 17.0 Å². The van der Waals surface area contributed by atoms with Gasteiger partial charge in [-0.25, -0.2) is 0 Å². The standard InChI is InChI=1S/C13H24N2O2/c1-10-12(11(2)17-15-10)8-14-7-5-6-13(3,4)9-16/h14,16H,5-9H2,1-4H3. The van der Waals surface area contributed by atoms with E-state index in [1.165, 1.54) is 0 Å². The van der Waals surface area contributed by atoms with Crippen LogP contribution in [0.2, 0.25) is 0 Å². The van der Waals surface area contributed by atoms with E-state index in [2.05, 4.69) is 24.3 Å². The van der Waals surface area contributed by atoms with Gasteiger partial charge in [-0.3, -0.25) is 0 Å². The van der Waals surface area contributed by atoms with Gasteiger partial charge in [0.25, 0.3) is 0 Å². The van der Waals surface area contributed by atoms with Gasteiger partial charge in [-0.15, -0.1) is 0 Å². The maximum absolute atomic E-state index is 9.13. The average molecular weight is 240 g/mol. The highest BCUT2D eigenvalue weighted by atomic mass is 16.5. The summed E-state index contributed by atoms with van der Waals surface area (Å²) in [6, 6.07) is 0. The molecule has 2 N–H and O–H groups in total. The predicted octanol–water partition coefficient (Wildman–Crippen LogP) is 2.18. The Hall–Kier alpha value is -0.870. The lowest BCUT2D eigenvalue weighted by Crippen LogP contribution is -2.21. The summed E-state index contributed by atoms with van der Waals surface area (Å²) in [4.78, 5) is 0. The highest BCUT2D eigenvalue weighted by molar-refractivity contribution is 5.20. The molecule has 0 atom stereocenters. The fraction of sp³-hybridized carbons (Fsp3) is 0.769. The Morgan fingerprint density at radius 1 is 1.35 bits per heavy atom. The molecule has 0 radical (unpaired) electrons. The van der Waals surface area contributed by atoms with Crippen LogP contribution < -0.4 is 5.32 Å². The highest BCUT2D eigenvalue weighted by Crippen LogP contribution is 2.20. The molecular weight excluding hydrogens is 216 g/mol. The molecule has 17 heavy (non-hydrogen) atoms. The molecule has 1 heterocycles. The summed E-state index contributed by atoms with van der Waals surface area (Å²) in [5, 5.41) is 16.4. The molecule has 0 saturated carbocycles. The second kappa shape index (κ2) is 6.17. The average Bonchev–Trinajstić information content (AvgIpc) is 2.59. The fourth-order valence-corrected chi connectivity index (χ4v) is 1.74. The summed E-state index contributed by atoms with van der Waals surface area (Å²) in [6.07, 6.45) is 2.09. The number of aliphatic hydroxyl groups is 1. The van der Waals surface area contributed by atoms with Gasteiger partial charge in [0.1, 0.15) is 5.76 Å². The van der Waals surface area contributed by atoms with Gasteiger partial charge in [0.05, 0.1) is 5.69 Å². The highest BCUT2D eigenvalue weighted by Gasteiger charge is 2.15. The van der Waals surface area contributed by atoms with Crippen molar-refractivity contribution in [2.24, 2.45) is 5.41 Å². The molecule has 0 bridgehead atoms. The molecule has 0 fully saturated rings. The second-order valence-electron chi connectivity index (χ2n) is 5.41. The lowest BCUT2D eigenvalue weighted by atomic mass is 9.89. The molecule has 98 valence electrons. The fourth-order valence-electron chi connectivity index (χ4n) is 1.74. The molecule has 0 saturated heterocycles. The van der Waals surface area contributed by atoms with Crippen LogP contribution >= 0.6 is 0 Å². The van der Waals surface area contributed by atoms with Gasteiger partial charge in [-0.05, 0) is 38.6 Å². The zero-order chi connectivity index (χ0) is 12.9. The molecule has 1 aromatic rings. The van der Waals surface area contributed by atoms with Gasteiger partial charge < -0.3 is 14.9 Å². The van der Waals surface area contributed by atoms with Crippen LogP contribution in [-0.2, 0) is 6.54 Å². The number of hydrogen-bond donors (Lipinski definition) is 2. The van der Waals surface area contributed by atoms with Crippen molar-refractivity contribution in [3.63, 3.8) is 0 Å². The van der Waals surface area contributed by atoms with E-state index in [0.717, 1.165) is 42.9 Å². The largest absolute Gasteiger partial charge is 0.396 e. The summed E-state index contributed by atoms with van der Waals surface area (Å²) in [5.74, 6) is 0.894. The van der Waals surface area contributed by atoms with Crippen LogP contribution in [0.1, 0.15) is 43.7 Å². The van der Waals surface area contributed by atoms with E-state index in [1.54, 1.807) is 0 Å². The van der Waals surface area contributed by atoms with E-state index in [9.17, 15) is 0 Å². The van der Waals surface area contributed by atoms with Crippen LogP contribution in [0.15, 0.2) is 4.52 Å². The lowest BCUT2D eigenvalue weighted by Gasteiger charge is -2.21. The molecule has 0 aromatic carbocycles. The monoisotopic (exact) mass is 240 g/mol. The number of rotatable bonds is 7. The van der Waals surface area contributed by atoms with E-state index in [1.807, 2.05) is 13.8 Å². The van der Waals surface area contributed by atoms with Gasteiger partial charge in [-0.2, -0.15) is 0 Å². The summed E-state index contributed by atoms with van der Waals surface area (Å²) >= 11 is 0. The van der Waals surface area contributed by atoms with Crippen LogP contribution in [0.25, 0.3) is 0 Å². The van der Waals surface area contributed by atoms with Crippen molar-refractivity contribution >= 4 is 0 Å². The van der Waals surface area contributed by atoms with Crippen molar-refractivity contribution in [1.29, 1.82) is 0 Å². The topological polar surface area (TPSA) is 58.3 Å². The molecule has 4 heteroatoms. The molecule has 1 rings (SSSR count). The van der Waals surface area contributed by atoms with Crippen molar-refractivity contribution in [2.45, 2.75) is 47.1 Å². The molecule has 0 aliphatic rings. The SMILES string of the molecule is Cc1noc(C)c1CNCCCC(C)(C)CO. The summed E-state index contributed by atoms with van der Waals surface area (Å²) < 4.78 is 5.10. The van der Waals surface area contributed by atoms with E-state index in [4.69, 9.17) is 9.63 Å². The number of hydrogen-bond acceptors (Lipinski definition) is 4. The summed E-state index contributed by atoms with van der Waals surface area (Å²) in [5.41, 5.74) is 2.15. The Labute approximate surface area is 103 Å². The van der Waals surface area contributed by atoms with Gasteiger partial charge >= 0.3 is 0 Å². The Bertz CT molecular complexity index is 326. The molecule has 4 nitrogen and oxygen atoms in total. The van der Waals surface area contributed by atoms with Gasteiger partial charge in [-0.1, -0.05) is 19.0 Å². The zero-order valence-electron chi connectivity index (χ0n) is 11.3. The quantitative estimate of drug-likeness (QED) is 0.717. The number of nitrogens with one attached hydrogen (secondary N) is 1. The van der Waals surface area contributed by atoms with Crippen molar-refractivity contribution in [1.82, 2.24) is 10.5 Å². The van der Waals surface area contributed by atoms with Crippen LogP contribution in [0, 0.1) is 19.3 Å². The Kier molecular flexibility index (Phi) is 5.15. The van der Waals surface area contributed by atoms with Gasteiger partial charge in [0.15, 0.2) is 0 Å². The number of aliphatic hydroxyl groups excluding tert-OH is 1. The van der Waals surface area contributed by atoms with Crippen molar-refractivity contribution in [3.8, 4) is 0 Å². The van der Waals surface area contributed by atoms with Crippen molar-refractivity contribution < 1.29 is 9.63 Å². The Balaban J connectivity index is 2.21. The molecule has 0 aliphatic carbocycles. The molecule has 0 amide bonds. The Morgan fingerprint density at radius 3 is 2.59 bits per heavy atom. The molecular formula is C13H24N2O2. The van der Waals surface area contributed by atoms with Crippen LogP contribution in [0.3, 0.4) is 0 Å².